The third-order valence-corrected chi connectivity index (χ3v) is 3.42. The van der Waals surface area contributed by atoms with Gasteiger partial charge in [-0.2, -0.15) is 4.98 Å². The van der Waals surface area contributed by atoms with Gasteiger partial charge >= 0.3 is 0 Å². The molecule has 5 nitrogen and oxygen atoms in total. The molecule has 2 heterocycles. The van der Waals surface area contributed by atoms with E-state index in [9.17, 15) is 0 Å². The summed E-state index contributed by atoms with van der Waals surface area (Å²) in [6, 6.07) is 1.83. The van der Waals surface area contributed by atoms with Crippen molar-refractivity contribution in [2.75, 3.05) is 11.9 Å². The number of ether oxygens (including phenoxy) is 1. The normalized spacial score (nSPS) is 12.2. The highest BCUT2D eigenvalue weighted by Crippen LogP contribution is 2.21. The average Bonchev–Trinajstić information content (AvgIpc) is 2.77. The molecule has 6 heteroatoms. The molecule has 0 aromatic carbocycles. The third-order valence-electron chi connectivity index (χ3n) is 2.28. The highest BCUT2D eigenvalue weighted by atomic mass is 32.1. The van der Waals surface area contributed by atoms with E-state index < -0.39 is 0 Å². The summed E-state index contributed by atoms with van der Waals surface area (Å²) >= 11 is 1.63. The SMILES string of the molecule is CCOc1ccnc(NC(C)c2nc(C)cs2)n1. The van der Waals surface area contributed by atoms with Crippen molar-refractivity contribution >= 4 is 17.3 Å². The fraction of sp³-hybridized carbons (Fsp3) is 0.417. The van der Waals surface area contributed by atoms with Crippen molar-refractivity contribution < 1.29 is 4.74 Å². The van der Waals surface area contributed by atoms with Crippen molar-refractivity contribution in [1.82, 2.24) is 15.0 Å². The summed E-state index contributed by atoms with van der Waals surface area (Å²) in [6.45, 7) is 6.54. The first kappa shape index (κ1) is 12.8. The van der Waals surface area contributed by atoms with Crippen molar-refractivity contribution in [1.29, 1.82) is 0 Å². The first-order valence-corrected chi connectivity index (χ1v) is 6.71. The molecule has 0 aliphatic carbocycles. The first-order chi connectivity index (χ1) is 8.69. The summed E-state index contributed by atoms with van der Waals surface area (Å²) in [5, 5.41) is 6.27. The number of hydrogen-bond acceptors (Lipinski definition) is 6. The predicted molar refractivity (Wildman–Crippen MR) is 72.1 cm³/mol. The van der Waals surface area contributed by atoms with Crippen molar-refractivity contribution in [2.45, 2.75) is 26.8 Å². The minimum atomic E-state index is 0.0839. The van der Waals surface area contributed by atoms with Crippen LogP contribution in [0.2, 0.25) is 0 Å². The van der Waals surface area contributed by atoms with Crippen molar-refractivity contribution in [2.24, 2.45) is 0 Å². The lowest BCUT2D eigenvalue weighted by molar-refractivity contribution is 0.326. The van der Waals surface area contributed by atoms with E-state index in [-0.39, 0.29) is 6.04 Å². The molecular formula is C12H16N4OS. The Morgan fingerprint density at radius 2 is 2.28 bits per heavy atom. The maximum absolute atomic E-state index is 5.33. The Balaban J connectivity index is 2.06. The van der Waals surface area contributed by atoms with Gasteiger partial charge in [-0.1, -0.05) is 0 Å². The molecule has 0 amide bonds. The Morgan fingerprint density at radius 1 is 1.44 bits per heavy atom. The zero-order chi connectivity index (χ0) is 13.0. The van der Waals surface area contributed by atoms with Gasteiger partial charge in [0.2, 0.25) is 11.8 Å². The summed E-state index contributed by atoms with van der Waals surface area (Å²) in [4.78, 5) is 12.9. The summed E-state index contributed by atoms with van der Waals surface area (Å²) in [6.07, 6.45) is 1.68. The van der Waals surface area contributed by atoms with E-state index in [4.69, 9.17) is 4.74 Å². The first-order valence-electron chi connectivity index (χ1n) is 5.83. The van der Waals surface area contributed by atoms with Gasteiger partial charge in [0, 0.05) is 23.3 Å². The number of nitrogens with zero attached hydrogens (tertiary/aromatic N) is 3. The van der Waals surface area contributed by atoms with Crippen LogP contribution < -0.4 is 10.1 Å². The fourth-order valence-electron chi connectivity index (χ4n) is 1.47. The maximum atomic E-state index is 5.33. The molecule has 2 aromatic rings. The highest BCUT2D eigenvalue weighted by molar-refractivity contribution is 7.09. The molecule has 1 N–H and O–H groups in total. The molecule has 2 aromatic heterocycles. The Labute approximate surface area is 110 Å². The van der Waals surface area contributed by atoms with E-state index in [1.165, 1.54) is 0 Å². The van der Waals surface area contributed by atoms with Gasteiger partial charge in [0.25, 0.3) is 0 Å². The number of aromatic nitrogens is 3. The number of rotatable bonds is 5. The molecule has 0 fully saturated rings. The Morgan fingerprint density at radius 3 is 2.94 bits per heavy atom. The Bertz CT molecular complexity index is 514. The molecule has 0 aliphatic heterocycles. The lowest BCUT2D eigenvalue weighted by Crippen LogP contribution is -2.09. The van der Waals surface area contributed by atoms with Crippen molar-refractivity contribution in [3.8, 4) is 5.88 Å². The number of anilines is 1. The van der Waals surface area contributed by atoms with Gasteiger partial charge in [-0.3, -0.25) is 0 Å². The lowest BCUT2D eigenvalue weighted by atomic mass is 10.3. The summed E-state index contributed by atoms with van der Waals surface area (Å²) < 4.78 is 5.33. The second kappa shape index (κ2) is 5.77. The van der Waals surface area contributed by atoms with E-state index in [0.29, 0.717) is 18.4 Å². The van der Waals surface area contributed by atoms with Gasteiger partial charge in [-0.15, -0.1) is 11.3 Å². The standard InChI is InChI=1S/C12H16N4OS/c1-4-17-10-5-6-13-12(16-10)15-9(3)11-14-8(2)7-18-11/h5-7,9H,4H2,1-3H3,(H,13,15,16). The van der Waals surface area contributed by atoms with Crippen LogP contribution in [0.3, 0.4) is 0 Å². The fourth-order valence-corrected chi connectivity index (χ4v) is 2.27. The lowest BCUT2D eigenvalue weighted by Gasteiger charge is -2.11. The van der Waals surface area contributed by atoms with Crippen molar-refractivity contribution in [3.63, 3.8) is 0 Å². The molecule has 0 radical (unpaired) electrons. The molecule has 0 spiro atoms. The van der Waals surface area contributed by atoms with Crippen LogP contribution in [-0.2, 0) is 0 Å². The molecule has 0 saturated heterocycles. The monoisotopic (exact) mass is 264 g/mol. The minimum Gasteiger partial charge on any atom is -0.478 e. The zero-order valence-corrected chi connectivity index (χ0v) is 11.5. The molecule has 2 rings (SSSR count). The third kappa shape index (κ3) is 3.16. The van der Waals surface area contributed by atoms with Crippen LogP contribution in [0.4, 0.5) is 5.95 Å². The topological polar surface area (TPSA) is 59.9 Å². The van der Waals surface area contributed by atoms with Gasteiger partial charge in [0.1, 0.15) is 5.01 Å². The molecule has 1 atom stereocenters. The zero-order valence-electron chi connectivity index (χ0n) is 10.7. The van der Waals surface area contributed by atoms with Crippen LogP contribution in [0.5, 0.6) is 5.88 Å². The van der Waals surface area contributed by atoms with Crippen molar-refractivity contribution in [3.05, 3.63) is 28.3 Å². The van der Waals surface area contributed by atoms with E-state index >= 15 is 0 Å². The van der Waals surface area contributed by atoms with Gasteiger partial charge < -0.3 is 10.1 Å². The van der Waals surface area contributed by atoms with E-state index in [0.717, 1.165) is 10.7 Å². The van der Waals surface area contributed by atoms with E-state index in [2.05, 4.69) is 20.3 Å². The maximum Gasteiger partial charge on any atom is 0.226 e. The minimum absolute atomic E-state index is 0.0839. The van der Waals surface area contributed by atoms with E-state index in [1.807, 2.05) is 26.2 Å². The van der Waals surface area contributed by atoms with Crippen LogP contribution in [0.1, 0.15) is 30.6 Å². The van der Waals surface area contributed by atoms with Gasteiger partial charge in [0.15, 0.2) is 0 Å². The van der Waals surface area contributed by atoms with Crippen LogP contribution in [0.25, 0.3) is 0 Å². The second-order valence-corrected chi connectivity index (χ2v) is 4.73. The molecule has 0 aliphatic rings. The van der Waals surface area contributed by atoms with E-state index in [1.54, 1.807) is 23.6 Å². The van der Waals surface area contributed by atoms with Crippen LogP contribution >= 0.6 is 11.3 Å². The summed E-state index contributed by atoms with van der Waals surface area (Å²) in [7, 11) is 0. The molecule has 0 bridgehead atoms. The van der Waals surface area contributed by atoms with Gasteiger partial charge in [-0.05, 0) is 20.8 Å². The predicted octanol–water partition coefficient (Wildman–Crippen LogP) is 2.81. The molecular weight excluding hydrogens is 248 g/mol. The van der Waals surface area contributed by atoms with Crippen LogP contribution in [-0.4, -0.2) is 21.6 Å². The van der Waals surface area contributed by atoms with Crippen LogP contribution in [0, 0.1) is 6.92 Å². The van der Waals surface area contributed by atoms with Gasteiger partial charge in [-0.25, -0.2) is 9.97 Å². The largest absolute Gasteiger partial charge is 0.478 e. The summed E-state index contributed by atoms with van der Waals surface area (Å²) in [5.74, 6) is 1.14. The Kier molecular flexibility index (Phi) is 4.09. The molecule has 18 heavy (non-hydrogen) atoms. The molecule has 0 saturated carbocycles. The highest BCUT2D eigenvalue weighted by Gasteiger charge is 2.10. The number of hydrogen-bond donors (Lipinski definition) is 1. The number of nitrogens with one attached hydrogen (secondary N) is 1. The smallest absolute Gasteiger partial charge is 0.226 e. The quantitative estimate of drug-likeness (QED) is 0.899. The number of thiazole rings is 1. The average molecular weight is 264 g/mol. The second-order valence-electron chi connectivity index (χ2n) is 3.84. The molecule has 1 unspecified atom stereocenters. The number of aryl methyl sites for hydroxylation is 1. The molecule has 96 valence electrons. The van der Waals surface area contributed by atoms with Gasteiger partial charge in [0.05, 0.1) is 12.6 Å². The van der Waals surface area contributed by atoms with Crippen LogP contribution in [0.15, 0.2) is 17.6 Å². The summed E-state index contributed by atoms with van der Waals surface area (Å²) in [5.41, 5.74) is 1.03. The Hall–Kier alpha value is -1.69.